The van der Waals surface area contributed by atoms with E-state index in [4.69, 9.17) is 0 Å². The predicted molar refractivity (Wildman–Crippen MR) is 24.2 cm³/mol. The lowest BCUT2D eigenvalue weighted by atomic mass is 10.4. The maximum atomic E-state index is 11.5. The molecule has 0 aromatic heterocycles. The van der Waals surface area contributed by atoms with Crippen molar-refractivity contribution in [3.8, 4) is 0 Å². The summed E-state index contributed by atoms with van der Waals surface area (Å²) in [4.78, 5) is 3.34. The van der Waals surface area contributed by atoms with Gasteiger partial charge in [-0.2, -0.15) is 0 Å². The first kappa shape index (κ1) is 5.47. The van der Waals surface area contributed by atoms with E-state index < -0.39 is 12.5 Å². The fraction of sp³-hybridized carbons (Fsp3) is 0.750. The van der Waals surface area contributed by atoms with E-state index >= 15 is 0 Å². The number of ether oxygens (including phenoxy) is 1. The Labute approximate surface area is 45.2 Å². The number of hydrogen-bond acceptors (Lipinski definition) is 2. The molecule has 1 aliphatic rings. The van der Waals surface area contributed by atoms with Gasteiger partial charge in [0.05, 0.1) is 0 Å². The quantitative estimate of drug-likeness (QED) is 0.499. The van der Waals surface area contributed by atoms with Crippen LogP contribution < -0.4 is 0 Å². The second-order valence-corrected chi connectivity index (χ2v) is 1.49. The molecule has 4 heteroatoms. The van der Waals surface area contributed by atoms with Crippen molar-refractivity contribution in [2.24, 2.45) is 4.99 Å². The topological polar surface area (TPSA) is 21.6 Å². The molecule has 0 fully saturated rings. The minimum Gasteiger partial charge on any atom is -0.481 e. The standard InChI is InChI=1S/C4H5F2NO/c5-4(6)3-1-8-2-7-3/h2-4H,1H2. The lowest BCUT2D eigenvalue weighted by Gasteiger charge is -1.99. The predicted octanol–water partition coefficient (Wildman–Crippen LogP) is 0.679. The van der Waals surface area contributed by atoms with Crippen LogP contribution in [0.2, 0.25) is 0 Å². The van der Waals surface area contributed by atoms with E-state index in [2.05, 4.69) is 9.73 Å². The Bertz CT molecular complexity index is 104. The molecule has 0 aliphatic carbocycles. The van der Waals surface area contributed by atoms with Crippen LogP contribution in [-0.4, -0.2) is 25.5 Å². The van der Waals surface area contributed by atoms with Gasteiger partial charge in [0.25, 0.3) is 6.43 Å². The molecule has 1 atom stereocenters. The monoisotopic (exact) mass is 121 g/mol. The molecule has 2 nitrogen and oxygen atoms in total. The zero-order valence-corrected chi connectivity index (χ0v) is 4.05. The van der Waals surface area contributed by atoms with Crippen LogP contribution in [0.15, 0.2) is 4.99 Å². The van der Waals surface area contributed by atoms with Gasteiger partial charge in [-0.1, -0.05) is 0 Å². The lowest BCUT2D eigenvalue weighted by molar-refractivity contribution is 0.102. The van der Waals surface area contributed by atoms with Gasteiger partial charge in [0.1, 0.15) is 12.6 Å². The molecule has 0 bridgehead atoms. The highest BCUT2D eigenvalue weighted by molar-refractivity contribution is 5.49. The van der Waals surface area contributed by atoms with E-state index in [0.717, 1.165) is 6.40 Å². The summed E-state index contributed by atoms with van der Waals surface area (Å²) in [6, 6.07) is -0.921. The van der Waals surface area contributed by atoms with Crippen molar-refractivity contribution >= 4 is 6.40 Å². The van der Waals surface area contributed by atoms with E-state index in [-0.39, 0.29) is 6.61 Å². The summed E-state index contributed by atoms with van der Waals surface area (Å²) in [5, 5.41) is 0. The normalized spacial score (nSPS) is 26.6. The summed E-state index contributed by atoms with van der Waals surface area (Å²) in [6.07, 6.45) is -1.31. The van der Waals surface area contributed by atoms with Gasteiger partial charge in [-0.25, -0.2) is 13.8 Å². The third-order valence-corrected chi connectivity index (χ3v) is 0.885. The first-order valence-electron chi connectivity index (χ1n) is 2.22. The lowest BCUT2D eigenvalue weighted by Crippen LogP contribution is -2.16. The van der Waals surface area contributed by atoms with E-state index in [0.29, 0.717) is 0 Å². The molecule has 46 valence electrons. The summed E-state index contributed by atoms with van der Waals surface area (Å²) in [6.45, 7) is 0.0255. The van der Waals surface area contributed by atoms with Crippen molar-refractivity contribution in [1.82, 2.24) is 0 Å². The fourth-order valence-electron chi connectivity index (χ4n) is 0.444. The molecule has 0 aromatic rings. The average Bonchev–Trinajstić information content (AvgIpc) is 2.12. The van der Waals surface area contributed by atoms with Gasteiger partial charge in [-0.05, 0) is 0 Å². The number of halogens is 2. The van der Waals surface area contributed by atoms with Crippen LogP contribution >= 0.6 is 0 Å². The van der Waals surface area contributed by atoms with Crippen LogP contribution in [0.5, 0.6) is 0 Å². The SMILES string of the molecule is FC(F)C1COC=N1. The Morgan fingerprint density at radius 3 is 2.75 bits per heavy atom. The molecule has 8 heavy (non-hydrogen) atoms. The molecular formula is C4H5F2NO. The van der Waals surface area contributed by atoms with E-state index in [1.807, 2.05) is 0 Å². The number of rotatable bonds is 1. The summed E-state index contributed by atoms with van der Waals surface area (Å²) >= 11 is 0. The maximum Gasteiger partial charge on any atom is 0.264 e. The highest BCUT2D eigenvalue weighted by Crippen LogP contribution is 2.08. The third kappa shape index (κ3) is 0.936. The van der Waals surface area contributed by atoms with Crippen LogP contribution in [0, 0.1) is 0 Å². The fourth-order valence-corrected chi connectivity index (χ4v) is 0.444. The maximum absolute atomic E-state index is 11.5. The number of hydrogen-bond donors (Lipinski definition) is 0. The molecule has 0 spiro atoms. The van der Waals surface area contributed by atoms with Gasteiger partial charge < -0.3 is 4.74 Å². The molecule has 0 aromatic carbocycles. The smallest absolute Gasteiger partial charge is 0.264 e. The molecule has 0 amide bonds. The van der Waals surface area contributed by atoms with Gasteiger partial charge >= 0.3 is 0 Å². The Kier molecular flexibility index (Phi) is 1.41. The van der Waals surface area contributed by atoms with Crippen LogP contribution in [0.25, 0.3) is 0 Å². The summed E-state index contributed by atoms with van der Waals surface area (Å²) in [5.74, 6) is 0. The van der Waals surface area contributed by atoms with Crippen molar-refractivity contribution in [1.29, 1.82) is 0 Å². The van der Waals surface area contributed by atoms with E-state index in [1.165, 1.54) is 0 Å². The largest absolute Gasteiger partial charge is 0.481 e. The molecule has 0 saturated carbocycles. The number of alkyl halides is 2. The Morgan fingerprint density at radius 2 is 2.50 bits per heavy atom. The van der Waals surface area contributed by atoms with E-state index in [1.54, 1.807) is 0 Å². The first-order valence-corrected chi connectivity index (χ1v) is 2.22. The van der Waals surface area contributed by atoms with Gasteiger partial charge in [-0.3, -0.25) is 0 Å². The molecule has 1 heterocycles. The molecule has 1 unspecified atom stereocenters. The molecule has 1 aliphatic heterocycles. The van der Waals surface area contributed by atoms with E-state index in [9.17, 15) is 8.78 Å². The zero-order chi connectivity index (χ0) is 5.98. The Hall–Kier alpha value is -0.670. The van der Waals surface area contributed by atoms with Gasteiger partial charge in [-0.15, -0.1) is 0 Å². The average molecular weight is 121 g/mol. The second kappa shape index (κ2) is 2.07. The second-order valence-electron chi connectivity index (χ2n) is 1.49. The number of nitrogens with zero attached hydrogens (tertiary/aromatic N) is 1. The van der Waals surface area contributed by atoms with Crippen LogP contribution in [0.1, 0.15) is 0 Å². The Balaban J connectivity index is 2.36. The van der Waals surface area contributed by atoms with Crippen LogP contribution in [0.3, 0.4) is 0 Å². The molecule has 0 saturated heterocycles. The van der Waals surface area contributed by atoms with Crippen LogP contribution in [0.4, 0.5) is 8.78 Å². The van der Waals surface area contributed by atoms with Crippen molar-refractivity contribution in [2.75, 3.05) is 6.61 Å². The van der Waals surface area contributed by atoms with Crippen molar-refractivity contribution in [3.63, 3.8) is 0 Å². The molecular weight excluding hydrogens is 116 g/mol. The molecule has 0 N–H and O–H groups in total. The number of aliphatic imine (C=N–C) groups is 1. The van der Waals surface area contributed by atoms with Crippen molar-refractivity contribution in [3.05, 3.63) is 0 Å². The van der Waals surface area contributed by atoms with Crippen molar-refractivity contribution < 1.29 is 13.5 Å². The summed E-state index contributed by atoms with van der Waals surface area (Å²) in [5.41, 5.74) is 0. The highest BCUT2D eigenvalue weighted by Gasteiger charge is 2.21. The highest BCUT2D eigenvalue weighted by atomic mass is 19.3. The third-order valence-electron chi connectivity index (χ3n) is 0.885. The van der Waals surface area contributed by atoms with Crippen molar-refractivity contribution in [2.45, 2.75) is 12.5 Å². The minimum absolute atomic E-state index is 0.0255. The summed E-state index contributed by atoms with van der Waals surface area (Å²) < 4.78 is 27.5. The zero-order valence-electron chi connectivity index (χ0n) is 4.05. The van der Waals surface area contributed by atoms with Gasteiger partial charge in [0.2, 0.25) is 0 Å². The van der Waals surface area contributed by atoms with Crippen LogP contribution in [-0.2, 0) is 4.74 Å². The Morgan fingerprint density at radius 1 is 1.75 bits per heavy atom. The van der Waals surface area contributed by atoms with Gasteiger partial charge in [0.15, 0.2) is 6.40 Å². The molecule has 1 rings (SSSR count). The minimum atomic E-state index is -2.38. The summed E-state index contributed by atoms with van der Waals surface area (Å²) in [7, 11) is 0. The van der Waals surface area contributed by atoms with Gasteiger partial charge in [0, 0.05) is 0 Å². The first-order chi connectivity index (χ1) is 3.80. The molecule has 0 radical (unpaired) electrons.